The molecule has 1 atom stereocenters. The van der Waals surface area contributed by atoms with Crippen LogP contribution in [0, 0.1) is 0 Å². The van der Waals surface area contributed by atoms with Crippen molar-refractivity contribution in [1.29, 1.82) is 0 Å². The van der Waals surface area contributed by atoms with E-state index in [0.717, 1.165) is 10.5 Å². The summed E-state index contributed by atoms with van der Waals surface area (Å²) in [6.45, 7) is 0.820. The average molecular weight is 377 g/mol. The number of anilines is 1. The fourth-order valence-electron chi connectivity index (χ4n) is 2.44. The van der Waals surface area contributed by atoms with E-state index in [9.17, 15) is 9.59 Å². The summed E-state index contributed by atoms with van der Waals surface area (Å²) in [6.07, 6.45) is 0. The molecule has 26 heavy (non-hydrogen) atoms. The van der Waals surface area contributed by atoms with Crippen LogP contribution in [0.3, 0.4) is 0 Å². The highest BCUT2D eigenvalue weighted by molar-refractivity contribution is 6.31. The lowest BCUT2D eigenvalue weighted by atomic mass is 10.2. The van der Waals surface area contributed by atoms with Gasteiger partial charge in [0.1, 0.15) is 5.75 Å². The van der Waals surface area contributed by atoms with Crippen molar-refractivity contribution in [1.82, 2.24) is 5.32 Å². The number of rotatable bonds is 8. The molecule has 2 amide bonds. The number of methoxy groups -OCH3 is 1. The molecule has 2 aromatic rings. The van der Waals surface area contributed by atoms with Gasteiger partial charge in [-0.2, -0.15) is 0 Å². The zero-order chi connectivity index (χ0) is 18.9. The van der Waals surface area contributed by atoms with Gasteiger partial charge in [0.15, 0.2) is 13.1 Å². The van der Waals surface area contributed by atoms with E-state index >= 15 is 0 Å². The summed E-state index contributed by atoms with van der Waals surface area (Å²) in [5.74, 6) is 0.194. The van der Waals surface area contributed by atoms with Crippen molar-refractivity contribution in [3.8, 4) is 5.75 Å². The van der Waals surface area contributed by atoms with Crippen LogP contribution in [0.15, 0.2) is 48.5 Å². The minimum atomic E-state index is -0.223. The Kier molecular flexibility index (Phi) is 7.44. The van der Waals surface area contributed by atoms with Crippen LogP contribution in [0.5, 0.6) is 5.75 Å². The first-order valence-electron chi connectivity index (χ1n) is 8.23. The van der Waals surface area contributed by atoms with Crippen LogP contribution in [-0.4, -0.2) is 39.1 Å². The second-order valence-electron chi connectivity index (χ2n) is 5.97. The zero-order valence-corrected chi connectivity index (χ0v) is 15.6. The van der Waals surface area contributed by atoms with Crippen LogP contribution >= 0.6 is 11.6 Å². The van der Waals surface area contributed by atoms with Gasteiger partial charge in [0.2, 0.25) is 0 Å². The van der Waals surface area contributed by atoms with E-state index < -0.39 is 0 Å². The van der Waals surface area contributed by atoms with Crippen molar-refractivity contribution < 1.29 is 19.2 Å². The predicted octanol–water partition coefficient (Wildman–Crippen LogP) is 1.12. The lowest BCUT2D eigenvalue weighted by Crippen LogP contribution is -3.11. The van der Waals surface area contributed by atoms with Gasteiger partial charge in [-0.1, -0.05) is 41.9 Å². The Balaban J connectivity index is 1.79. The first kappa shape index (κ1) is 19.8. The van der Waals surface area contributed by atoms with Crippen molar-refractivity contribution in [2.45, 2.75) is 6.54 Å². The van der Waals surface area contributed by atoms with Gasteiger partial charge in [0, 0.05) is 11.6 Å². The Hall–Kier alpha value is -2.57. The number of carbonyl (C=O) groups excluding carboxylic acids is 2. The highest BCUT2D eigenvalue weighted by Crippen LogP contribution is 2.27. The highest BCUT2D eigenvalue weighted by Gasteiger charge is 2.15. The van der Waals surface area contributed by atoms with Gasteiger partial charge < -0.3 is 20.3 Å². The summed E-state index contributed by atoms with van der Waals surface area (Å²) < 4.78 is 5.20. The minimum Gasteiger partial charge on any atom is -0.495 e. The standard InChI is InChI=1S/C19H22ClN3O3/c1-23(12-18(24)21-11-14-6-4-3-5-7-14)13-19(25)22-16-10-15(20)8-9-17(16)26-2/h3-10H,11-13H2,1-2H3,(H,21,24)(H,22,25)/p+1. The van der Waals surface area contributed by atoms with Crippen molar-refractivity contribution in [2.24, 2.45) is 0 Å². The molecule has 7 heteroatoms. The third kappa shape index (κ3) is 6.38. The molecule has 138 valence electrons. The number of halogens is 1. The molecule has 0 bridgehead atoms. The molecule has 0 fully saturated rings. The van der Waals surface area contributed by atoms with Crippen LogP contribution in [-0.2, 0) is 16.1 Å². The second kappa shape index (κ2) is 9.79. The molecule has 2 aromatic carbocycles. The highest BCUT2D eigenvalue weighted by atomic mass is 35.5. The molecule has 0 aromatic heterocycles. The number of hydrogen-bond acceptors (Lipinski definition) is 3. The molecule has 0 aliphatic carbocycles. The van der Waals surface area contributed by atoms with Gasteiger partial charge in [0.05, 0.1) is 19.8 Å². The lowest BCUT2D eigenvalue weighted by molar-refractivity contribution is -0.862. The van der Waals surface area contributed by atoms with Crippen LogP contribution in [0.2, 0.25) is 5.02 Å². The molecular formula is C19H23ClN3O3+. The van der Waals surface area contributed by atoms with Gasteiger partial charge in [-0.25, -0.2) is 0 Å². The Morgan fingerprint density at radius 3 is 2.46 bits per heavy atom. The van der Waals surface area contributed by atoms with Crippen molar-refractivity contribution in [2.75, 3.05) is 32.6 Å². The number of ether oxygens (including phenoxy) is 1. The predicted molar refractivity (Wildman–Crippen MR) is 102 cm³/mol. The summed E-state index contributed by atoms with van der Waals surface area (Å²) in [6, 6.07) is 14.7. The fraction of sp³-hybridized carbons (Fsp3) is 0.263. The first-order valence-corrected chi connectivity index (χ1v) is 8.61. The Bertz CT molecular complexity index is 753. The number of likely N-dealkylation sites (N-methyl/N-ethyl adjacent to an activating group) is 1. The zero-order valence-electron chi connectivity index (χ0n) is 14.8. The lowest BCUT2D eigenvalue weighted by Gasteiger charge is -2.15. The maximum Gasteiger partial charge on any atom is 0.279 e. The van der Waals surface area contributed by atoms with E-state index in [1.807, 2.05) is 30.3 Å². The number of nitrogens with one attached hydrogen (secondary N) is 3. The van der Waals surface area contributed by atoms with Gasteiger partial charge in [-0.15, -0.1) is 0 Å². The molecule has 0 saturated heterocycles. The maximum absolute atomic E-state index is 12.2. The van der Waals surface area contributed by atoms with Gasteiger partial charge in [-0.05, 0) is 23.8 Å². The third-order valence-electron chi connectivity index (χ3n) is 3.69. The van der Waals surface area contributed by atoms with E-state index in [0.29, 0.717) is 23.0 Å². The monoisotopic (exact) mass is 376 g/mol. The number of quaternary nitrogens is 1. The molecule has 6 nitrogen and oxygen atoms in total. The molecule has 0 heterocycles. The van der Waals surface area contributed by atoms with E-state index in [1.54, 1.807) is 25.2 Å². The number of amides is 2. The number of benzene rings is 2. The largest absolute Gasteiger partial charge is 0.495 e. The first-order chi connectivity index (χ1) is 12.5. The van der Waals surface area contributed by atoms with Gasteiger partial charge in [-0.3, -0.25) is 9.59 Å². The molecule has 0 spiro atoms. The fourth-order valence-corrected chi connectivity index (χ4v) is 2.61. The van der Waals surface area contributed by atoms with E-state index in [4.69, 9.17) is 16.3 Å². The quantitative estimate of drug-likeness (QED) is 0.646. The second-order valence-corrected chi connectivity index (χ2v) is 6.40. The van der Waals surface area contributed by atoms with Crippen LogP contribution < -0.4 is 20.3 Å². The molecule has 2 rings (SSSR count). The molecule has 0 aliphatic heterocycles. The number of carbonyl (C=O) groups is 2. The summed E-state index contributed by atoms with van der Waals surface area (Å²) in [5, 5.41) is 6.11. The van der Waals surface area contributed by atoms with Gasteiger partial charge >= 0.3 is 0 Å². The minimum absolute atomic E-state index is 0.112. The topological polar surface area (TPSA) is 71.9 Å². The molecular weight excluding hydrogens is 354 g/mol. The average Bonchev–Trinajstić information content (AvgIpc) is 2.61. The molecule has 0 saturated carbocycles. The smallest absolute Gasteiger partial charge is 0.279 e. The maximum atomic E-state index is 12.2. The normalized spacial score (nSPS) is 11.5. The third-order valence-corrected chi connectivity index (χ3v) is 3.93. The Morgan fingerprint density at radius 2 is 1.77 bits per heavy atom. The molecule has 0 aliphatic rings. The summed E-state index contributed by atoms with van der Waals surface area (Å²) in [4.78, 5) is 25.0. The summed E-state index contributed by atoms with van der Waals surface area (Å²) >= 11 is 5.95. The van der Waals surface area contributed by atoms with E-state index in [2.05, 4.69) is 10.6 Å². The van der Waals surface area contributed by atoms with E-state index in [-0.39, 0.29) is 24.9 Å². The summed E-state index contributed by atoms with van der Waals surface area (Å²) in [5.41, 5.74) is 1.54. The summed E-state index contributed by atoms with van der Waals surface area (Å²) in [7, 11) is 3.31. The van der Waals surface area contributed by atoms with Crippen LogP contribution in [0.4, 0.5) is 5.69 Å². The van der Waals surface area contributed by atoms with Crippen LogP contribution in [0.1, 0.15) is 5.56 Å². The SMILES string of the molecule is COc1ccc(Cl)cc1NC(=O)C[NH+](C)CC(=O)NCc1ccccc1. The molecule has 0 radical (unpaired) electrons. The van der Waals surface area contributed by atoms with E-state index in [1.165, 1.54) is 7.11 Å². The molecule has 3 N–H and O–H groups in total. The number of hydrogen-bond donors (Lipinski definition) is 3. The Labute approximate surface area is 158 Å². The van der Waals surface area contributed by atoms with Crippen molar-refractivity contribution in [3.05, 3.63) is 59.1 Å². The van der Waals surface area contributed by atoms with Crippen molar-refractivity contribution >= 4 is 29.1 Å². The van der Waals surface area contributed by atoms with Gasteiger partial charge in [0.25, 0.3) is 11.8 Å². The van der Waals surface area contributed by atoms with Crippen molar-refractivity contribution in [3.63, 3.8) is 0 Å². The Morgan fingerprint density at radius 1 is 1.08 bits per heavy atom. The molecule has 1 unspecified atom stereocenters. The van der Waals surface area contributed by atoms with Crippen LogP contribution in [0.25, 0.3) is 0 Å².